The predicted octanol–water partition coefficient (Wildman–Crippen LogP) is 0.0855. The molecule has 1 heterocycles. The van der Waals surface area contributed by atoms with Crippen molar-refractivity contribution in [3.05, 3.63) is 0 Å². The van der Waals surface area contributed by atoms with E-state index in [-0.39, 0.29) is 17.9 Å². The maximum Gasteiger partial charge on any atom is 0.243 e. The molecule has 1 rings (SSSR count). The summed E-state index contributed by atoms with van der Waals surface area (Å²) in [5, 5.41) is 0. The Kier molecular flexibility index (Phi) is 3.03. The van der Waals surface area contributed by atoms with Crippen molar-refractivity contribution in [2.75, 3.05) is 19.6 Å². The number of hydrogen-bond donors (Lipinski definition) is 0. The number of likely N-dealkylation sites (N-methyl/N-ethyl adjacent to an activating group) is 1. The Hall–Kier alpha value is -0.900. The van der Waals surface area contributed by atoms with Crippen molar-refractivity contribution < 1.29 is 9.59 Å². The normalized spacial score (nSPS) is 20.2. The van der Waals surface area contributed by atoms with Gasteiger partial charge < -0.3 is 0 Å². The van der Waals surface area contributed by atoms with Crippen LogP contribution in [0.15, 0.2) is 0 Å². The second-order valence-electron chi connectivity index (χ2n) is 3.55. The lowest BCUT2D eigenvalue weighted by molar-refractivity contribution is -0.153. The largest absolute Gasteiger partial charge is 0.286 e. The van der Waals surface area contributed by atoms with Crippen molar-refractivity contribution in [3.8, 4) is 0 Å². The van der Waals surface area contributed by atoms with E-state index in [0.29, 0.717) is 13.1 Å². The minimum atomic E-state index is -0.0758. The van der Waals surface area contributed by atoms with Gasteiger partial charge in [-0.3, -0.25) is 19.4 Å². The summed E-state index contributed by atoms with van der Waals surface area (Å²) in [6, 6.07) is -0.0148. The second kappa shape index (κ2) is 3.87. The zero-order valence-corrected chi connectivity index (χ0v) is 8.41. The molecule has 1 fully saturated rings. The zero-order valence-electron chi connectivity index (χ0n) is 8.41. The molecule has 0 aliphatic carbocycles. The molecule has 0 aromatic heterocycles. The van der Waals surface area contributed by atoms with E-state index in [1.165, 1.54) is 4.90 Å². The fourth-order valence-corrected chi connectivity index (χ4v) is 1.53. The summed E-state index contributed by atoms with van der Waals surface area (Å²) in [4.78, 5) is 26.2. The third kappa shape index (κ3) is 2.06. The third-order valence-corrected chi connectivity index (χ3v) is 2.22. The van der Waals surface area contributed by atoms with E-state index >= 15 is 0 Å². The Bertz CT molecular complexity index is 208. The smallest absolute Gasteiger partial charge is 0.243 e. The number of piperazine rings is 1. The molecule has 0 spiro atoms. The van der Waals surface area contributed by atoms with Crippen LogP contribution in [0.5, 0.6) is 0 Å². The van der Waals surface area contributed by atoms with Crippen LogP contribution in [-0.4, -0.2) is 47.3 Å². The number of carbonyl (C=O) groups is 2. The standard InChI is InChI=1S/C9H16N2O2/c1-4-10-5-8(12)11(7(2)3)9(13)6-10/h7H,4-6H2,1-3H3. The van der Waals surface area contributed by atoms with Gasteiger partial charge >= 0.3 is 0 Å². The monoisotopic (exact) mass is 184 g/mol. The van der Waals surface area contributed by atoms with Gasteiger partial charge in [0, 0.05) is 6.04 Å². The van der Waals surface area contributed by atoms with Gasteiger partial charge in [-0.25, -0.2) is 0 Å². The first-order valence-corrected chi connectivity index (χ1v) is 4.63. The molecular weight excluding hydrogens is 168 g/mol. The molecule has 13 heavy (non-hydrogen) atoms. The average molecular weight is 184 g/mol. The van der Waals surface area contributed by atoms with E-state index < -0.39 is 0 Å². The summed E-state index contributed by atoms with van der Waals surface area (Å²) < 4.78 is 0. The van der Waals surface area contributed by atoms with Crippen molar-refractivity contribution >= 4 is 11.8 Å². The van der Waals surface area contributed by atoms with Crippen molar-refractivity contribution in [1.82, 2.24) is 9.80 Å². The number of carbonyl (C=O) groups excluding carboxylic acids is 2. The Balaban J connectivity index is 2.70. The molecule has 2 amide bonds. The quantitative estimate of drug-likeness (QED) is 0.571. The van der Waals surface area contributed by atoms with Crippen LogP contribution in [0.3, 0.4) is 0 Å². The van der Waals surface area contributed by atoms with Crippen molar-refractivity contribution in [2.45, 2.75) is 26.8 Å². The number of nitrogens with zero attached hydrogens (tertiary/aromatic N) is 2. The molecule has 74 valence electrons. The van der Waals surface area contributed by atoms with Gasteiger partial charge in [0.25, 0.3) is 0 Å². The summed E-state index contributed by atoms with van der Waals surface area (Å²) >= 11 is 0. The van der Waals surface area contributed by atoms with E-state index in [9.17, 15) is 9.59 Å². The van der Waals surface area contributed by atoms with Crippen LogP contribution in [0.25, 0.3) is 0 Å². The molecule has 0 radical (unpaired) electrons. The van der Waals surface area contributed by atoms with Crippen LogP contribution in [-0.2, 0) is 9.59 Å². The Morgan fingerprint density at radius 3 is 2.00 bits per heavy atom. The van der Waals surface area contributed by atoms with E-state index in [2.05, 4.69) is 0 Å². The SMILES string of the molecule is CCN1CC(=O)N(C(C)C)C(=O)C1. The predicted molar refractivity (Wildman–Crippen MR) is 49.1 cm³/mol. The van der Waals surface area contributed by atoms with Crippen LogP contribution < -0.4 is 0 Å². The van der Waals surface area contributed by atoms with Gasteiger partial charge in [0.2, 0.25) is 11.8 Å². The Labute approximate surface area is 78.5 Å². The van der Waals surface area contributed by atoms with Gasteiger partial charge in [0.05, 0.1) is 13.1 Å². The lowest BCUT2D eigenvalue weighted by atomic mass is 10.2. The van der Waals surface area contributed by atoms with Gasteiger partial charge in [-0.2, -0.15) is 0 Å². The molecule has 1 saturated heterocycles. The molecule has 0 saturated carbocycles. The molecule has 4 heteroatoms. The van der Waals surface area contributed by atoms with Crippen LogP contribution >= 0.6 is 0 Å². The van der Waals surface area contributed by atoms with E-state index in [1.807, 2.05) is 25.7 Å². The van der Waals surface area contributed by atoms with Gasteiger partial charge in [-0.05, 0) is 20.4 Å². The van der Waals surface area contributed by atoms with Crippen LogP contribution in [0.4, 0.5) is 0 Å². The summed E-state index contributed by atoms with van der Waals surface area (Å²) in [6.07, 6.45) is 0. The minimum absolute atomic E-state index is 0.0148. The van der Waals surface area contributed by atoms with E-state index in [1.54, 1.807) is 0 Å². The fourth-order valence-electron chi connectivity index (χ4n) is 1.53. The molecule has 4 nitrogen and oxygen atoms in total. The topological polar surface area (TPSA) is 40.6 Å². The first-order valence-electron chi connectivity index (χ1n) is 4.63. The lowest BCUT2D eigenvalue weighted by Crippen LogP contribution is -2.56. The molecule has 0 aromatic rings. The maximum absolute atomic E-state index is 11.5. The molecular formula is C9H16N2O2. The van der Waals surface area contributed by atoms with E-state index in [4.69, 9.17) is 0 Å². The highest BCUT2D eigenvalue weighted by atomic mass is 16.2. The summed E-state index contributed by atoms with van der Waals surface area (Å²) in [5.74, 6) is -0.152. The minimum Gasteiger partial charge on any atom is -0.286 e. The van der Waals surface area contributed by atoms with Crippen molar-refractivity contribution in [3.63, 3.8) is 0 Å². The fraction of sp³-hybridized carbons (Fsp3) is 0.778. The molecule has 0 unspecified atom stereocenters. The summed E-state index contributed by atoms with van der Waals surface area (Å²) in [6.45, 7) is 7.17. The molecule has 0 N–H and O–H groups in total. The summed E-state index contributed by atoms with van der Waals surface area (Å²) in [5.41, 5.74) is 0. The molecule has 0 bridgehead atoms. The zero-order chi connectivity index (χ0) is 10.0. The molecule has 0 atom stereocenters. The van der Waals surface area contributed by atoms with Gasteiger partial charge in [0.1, 0.15) is 0 Å². The van der Waals surface area contributed by atoms with Crippen LogP contribution in [0.2, 0.25) is 0 Å². The maximum atomic E-state index is 11.5. The van der Waals surface area contributed by atoms with Crippen molar-refractivity contribution in [2.24, 2.45) is 0 Å². The molecule has 1 aliphatic rings. The Morgan fingerprint density at radius 2 is 1.69 bits per heavy atom. The van der Waals surface area contributed by atoms with Gasteiger partial charge in [-0.15, -0.1) is 0 Å². The number of amides is 2. The highest BCUT2D eigenvalue weighted by Crippen LogP contribution is 2.08. The van der Waals surface area contributed by atoms with Crippen molar-refractivity contribution in [1.29, 1.82) is 0 Å². The molecule has 0 aromatic carbocycles. The lowest BCUT2D eigenvalue weighted by Gasteiger charge is -2.34. The second-order valence-corrected chi connectivity index (χ2v) is 3.55. The first kappa shape index (κ1) is 10.2. The van der Waals surface area contributed by atoms with Gasteiger partial charge in [-0.1, -0.05) is 6.92 Å². The summed E-state index contributed by atoms with van der Waals surface area (Å²) in [7, 11) is 0. The average Bonchev–Trinajstić information content (AvgIpc) is 2.02. The number of imide groups is 1. The molecule has 1 aliphatic heterocycles. The number of rotatable bonds is 2. The third-order valence-electron chi connectivity index (χ3n) is 2.22. The van der Waals surface area contributed by atoms with Crippen LogP contribution in [0.1, 0.15) is 20.8 Å². The van der Waals surface area contributed by atoms with Gasteiger partial charge in [0.15, 0.2) is 0 Å². The van der Waals surface area contributed by atoms with E-state index in [0.717, 1.165) is 6.54 Å². The Morgan fingerprint density at radius 1 is 1.23 bits per heavy atom. The number of hydrogen-bond acceptors (Lipinski definition) is 3. The highest BCUT2D eigenvalue weighted by molar-refractivity contribution is 5.99. The highest BCUT2D eigenvalue weighted by Gasteiger charge is 2.31. The van der Waals surface area contributed by atoms with Crippen LogP contribution in [0, 0.1) is 0 Å². The first-order chi connectivity index (χ1) is 6.06.